The highest BCUT2D eigenvalue weighted by Gasteiger charge is 2.23. The Morgan fingerprint density at radius 3 is 2.52 bits per heavy atom. The van der Waals surface area contributed by atoms with Gasteiger partial charge in [0.2, 0.25) is 5.95 Å². The number of halogens is 1. The molecule has 0 amide bonds. The average Bonchev–Trinajstić information content (AvgIpc) is 3.51. The molecule has 0 radical (unpaired) electrons. The first-order chi connectivity index (χ1) is 15.2. The lowest BCUT2D eigenvalue weighted by atomic mass is 10.1. The van der Waals surface area contributed by atoms with E-state index in [1.165, 1.54) is 0 Å². The summed E-state index contributed by atoms with van der Waals surface area (Å²) in [6.07, 6.45) is 12.3. The first kappa shape index (κ1) is 19.5. The van der Waals surface area contributed by atoms with Gasteiger partial charge in [-0.1, -0.05) is 11.6 Å². The molecule has 4 aromatic rings. The van der Waals surface area contributed by atoms with Crippen molar-refractivity contribution in [3.63, 3.8) is 0 Å². The van der Waals surface area contributed by atoms with Gasteiger partial charge >= 0.3 is 0 Å². The number of nitrogens with zero attached hydrogens (tertiary/aromatic N) is 8. The van der Waals surface area contributed by atoms with Crippen LogP contribution in [0.2, 0.25) is 5.02 Å². The summed E-state index contributed by atoms with van der Waals surface area (Å²) in [5.74, 6) is 1.50. The maximum absolute atomic E-state index is 5.87. The summed E-state index contributed by atoms with van der Waals surface area (Å²) in [5.41, 5.74) is 1.84. The van der Waals surface area contributed by atoms with Crippen molar-refractivity contribution in [1.82, 2.24) is 34.5 Å². The van der Waals surface area contributed by atoms with Crippen LogP contribution in [-0.2, 0) is 6.61 Å². The van der Waals surface area contributed by atoms with Gasteiger partial charge < -0.3 is 14.2 Å². The SMILES string of the molecule is Clc1cnc(N2CCC(n3ncc(COc4ccc(-n5ccnc5)cc4)n3)CC2)nc1. The molecule has 0 aliphatic carbocycles. The Hall–Kier alpha value is -3.46. The van der Waals surface area contributed by atoms with Crippen LogP contribution in [0.3, 0.4) is 0 Å². The molecule has 1 aromatic carbocycles. The Kier molecular flexibility index (Phi) is 5.49. The molecule has 1 aliphatic heterocycles. The molecule has 0 unspecified atom stereocenters. The van der Waals surface area contributed by atoms with E-state index in [1.54, 1.807) is 35.9 Å². The fourth-order valence-corrected chi connectivity index (χ4v) is 3.70. The quantitative estimate of drug-likeness (QED) is 0.458. The van der Waals surface area contributed by atoms with Crippen molar-refractivity contribution < 1.29 is 4.74 Å². The minimum Gasteiger partial charge on any atom is -0.487 e. The zero-order chi connectivity index (χ0) is 21.0. The standard InChI is InChI=1S/C21H21ClN8O/c22-16-11-24-21(25-12-16)28-8-5-19(6-9-28)30-26-13-17(27-30)14-31-20-3-1-18(2-4-20)29-10-7-23-15-29/h1-4,7,10-13,15,19H,5-6,8-9,14H2. The third-order valence-electron chi connectivity index (χ3n) is 5.26. The normalized spacial score (nSPS) is 14.7. The van der Waals surface area contributed by atoms with Crippen molar-refractivity contribution in [3.8, 4) is 11.4 Å². The molecule has 10 heteroatoms. The van der Waals surface area contributed by atoms with Crippen molar-refractivity contribution in [1.29, 1.82) is 0 Å². The van der Waals surface area contributed by atoms with E-state index in [-0.39, 0.29) is 6.04 Å². The van der Waals surface area contributed by atoms with E-state index < -0.39 is 0 Å². The summed E-state index contributed by atoms with van der Waals surface area (Å²) in [5, 5.41) is 9.62. The molecule has 0 atom stereocenters. The Morgan fingerprint density at radius 2 is 1.81 bits per heavy atom. The fourth-order valence-electron chi connectivity index (χ4n) is 3.60. The van der Waals surface area contributed by atoms with Gasteiger partial charge in [0.05, 0.1) is 36.0 Å². The lowest BCUT2D eigenvalue weighted by Gasteiger charge is -2.31. The molecular weight excluding hydrogens is 416 g/mol. The molecule has 31 heavy (non-hydrogen) atoms. The number of ether oxygens (including phenoxy) is 1. The Balaban J connectivity index is 1.14. The molecule has 0 saturated carbocycles. The van der Waals surface area contributed by atoms with Gasteiger partial charge in [-0.2, -0.15) is 15.0 Å². The van der Waals surface area contributed by atoms with Gasteiger partial charge in [0.1, 0.15) is 18.1 Å². The Labute approximate surface area is 184 Å². The summed E-state index contributed by atoms with van der Waals surface area (Å²) in [6, 6.07) is 8.12. The predicted molar refractivity (Wildman–Crippen MR) is 115 cm³/mol. The van der Waals surface area contributed by atoms with Gasteiger partial charge in [-0.25, -0.2) is 15.0 Å². The van der Waals surface area contributed by atoms with E-state index >= 15 is 0 Å². The molecule has 0 bridgehead atoms. The summed E-state index contributed by atoms with van der Waals surface area (Å²) >= 11 is 5.87. The van der Waals surface area contributed by atoms with Crippen LogP contribution in [0.1, 0.15) is 24.6 Å². The molecule has 0 spiro atoms. The monoisotopic (exact) mass is 436 g/mol. The molecule has 4 heterocycles. The molecule has 1 saturated heterocycles. The van der Waals surface area contributed by atoms with Gasteiger partial charge in [0.15, 0.2) is 0 Å². The molecule has 9 nitrogen and oxygen atoms in total. The number of rotatable bonds is 6. The zero-order valence-corrected chi connectivity index (χ0v) is 17.5. The molecular formula is C21H21ClN8O. The molecule has 1 aliphatic rings. The van der Waals surface area contributed by atoms with E-state index in [2.05, 4.69) is 30.0 Å². The molecule has 3 aromatic heterocycles. The highest BCUT2D eigenvalue weighted by atomic mass is 35.5. The number of hydrogen-bond acceptors (Lipinski definition) is 7. The van der Waals surface area contributed by atoms with Crippen LogP contribution in [0.15, 0.2) is 61.6 Å². The van der Waals surface area contributed by atoms with Crippen molar-refractivity contribution in [2.45, 2.75) is 25.5 Å². The zero-order valence-electron chi connectivity index (χ0n) is 16.8. The third kappa shape index (κ3) is 4.51. The number of aromatic nitrogens is 7. The topological polar surface area (TPSA) is 86.8 Å². The largest absolute Gasteiger partial charge is 0.487 e. The smallest absolute Gasteiger partial charge is 0.225 e. The predicted octanol–water partition coefficient (Wildman–Crippen LogP) is 3.33. The van der Waals surface area contributed by atoms with Crippen molar-refractivity contribution in [2.24, 2.45) is 0 Å². The molecule has 158 valence electrons. The highest BCUT2D eigenvalue weighted by Crippen LogP contribution is 2.24. The van der Waals surface area contributed by atoms with Gasteiger partial charge in [-0.15, -0.1) is 0 Å². The Morgan fingerprint density at radius 1 is 1.03 bits per heavy atom. The molecule has 1 fully saturated rings. The van der Waals surface area contributed by atoms with Crippen LogP contribution < -0.4 is 9.64 Å². The second-order valence-electron chi connectivity index (χ2n) is 7.33. The first-order valence-corrected chi connectivity index (χ1v) is 10.5. The average molecular weight is 437 g/mol. The summed E-state index contributed by atoms with van der Waals surface area (Å²) in [6.45, 7) is 2.08. The van der Waals surface area contributed by atoms with Crippen molar-refractivity contribution in [2.75, 3.05) is 18.0 Å². The van der Waals surface area contributed by atoms with Crippen LogP contribution in [0.4, 0.5) is 5.95 Å². The van der Waals surface area contributed by atoms with Gasteiger partial charge in [-0.3, -0.25) is 0 Å². The number of benzene rings is 1. The first-order valence-electron chi connectivity index (χ1n) is 10.1. The number of hydrogen-bond donors (Lipinski definition) is 0. The van der Waals surface area contributed by atoms with Gasteiger partial charge in [-0.05, 0) is 37.1 Å². The van der Waals surface area contributed by atoms with Gasteiger partial charge in [0, 0.05) is 31.2 Å². The Bertz CT molecular complexity index is 1100. The fraction of sp³-hybridized carbons (Fsp3) is 0.286. The van der Waals surface area contributed by atoms with E-state index in [4.69, 9.17) is 16.3 Å². The van der Waals surface area contributed by atoms with Crippen molar-refractivity contribution >= 4 is 17.5 Å². The summed E-state index contributed by atoms with van der Waals surface area (Å²) in [4.78, 5) is 16.6. The molecule has 0 N–H and O–H groups in total. The van der Waals surface area contributed by atoms with E-state index in [9.17, 15) is 0 Å². The minimum absolute atomic E-state index is 0.256. The van der Waals surface area contributed by atoms with E-state index in [0.29, 0.717) is 17.6 Å². The maximum Gasteiger partial charge on any atom is 0.225 e. The van der Waals surface area contributed by atoms with Crippen LogP contribution in [0, 0.1) is 0 Å². The van der Waals surface area contributed by atoms with E-state index in [1.807, 2.05) is 35.0 Å². The van der Waals surface area contributed by atoms with Crippen LogP contribution in [0.5, 0.6) is 5.75 Å². The second kappa shape index (κ2) is 8.73. The van der Waals surface area contributed by atoms with Crippen LogP contribution in [-0.4, -0.2) is 47.6 Å². The number of imidazole rings is 1. The van der Waals surface area contributed by atoms with Crippen LogP contribution in [0.25, 0.3) is 5.69 Å². The summed E-state index contributed by atoms with van der Waals surface area (Å²) in [7, 11) is 0. The minimum atomic E-state index is 0.256. The second-order valence-corrected chi connectivity index (χ2v) is 7.76. The lowest BCUT2D eigenvalue weighted by Crippen LogP contribution is -2.36. The van der Waals surface area contributed by atoms with E-state index in [0.717, 1.165) is 43.1 Å². The highest BCUT2D eigenvalue weighted by molar-refractivity contribution is 6.30. The third-order valence-corrected chi connectivity index (χ3v) is 5.46. The number of anilines is 1. The molecule has 5 rings (SSSR count). The van der Waals surface area contributed by atoms with Crippen molar-refractivity contribution in [3.05, 3.63) is 72.3 Å². The number of piperidine rings is 1. The summed E-state index contributed by atoms with van der Waals surface area (Å²) < 4.78 is 7.82. The lowest BCUT2D eigenvalue weighted by molar-refractivity contribution is 0.291. The van der Waals surface area contributed by atoms with Gasteiger partial charge in [0.25, 0.3) is 0 Å². The maximum atomic E-state index is 5.87. The van der Waals surface area contributed by atoms with Crippen LogP contribution >= 0.6 is 11.6 Å².